The fourth-order valence-electron chi connectivity index (χ4n) is 3.22. The summed E-state index contributed by atoms with van der Waals surface area (Å²) in [5.74, 6) is 0.943. The molecule has 0 spiro atoms. The molecule has 0 bridgehead atoms. The Balaban J connectivity index is 1.52. The highest BCUT2D eigenvalue weighted by molar-refractivity contribution is 8.24. The Morgan fingerprint density at radius 1 is 1.20 bits per heavy atom. The summed E-state index contributed by atoms with van der Waals surface area (Å²) >= 11 is 6.62. The minimum absolute atomic E-state index is 0.0588. The van der Waals surface area contributed by atoms with E-state index < -0.39 is 5.25 Å². The van der Waals surface area contributed by atoms with Gasteiger partial charge in [-0.25, -0.2) is 0 Å². The first kappa shape index (κ1) is 22.3. The number of hydrogen-bond donors (Lipinski definition) is 1. The first-order valence-corrected chi connectivity index (χ1v) is 11.2. The van der Waals surface area contributed by atoms with Crippen LogP contribution in [0.5, 0.6) is 5.75 Å². The second-order valence-electron chi connectivity index (χ2n) is 7.62. The quantitative estimate of drug-likeness (QED) is 0.619. The summed E-state index contributed by atoms with van der Waals surface area (Å²) < 4.78 is 5.84. The van der Waals surface area contributed by atoms with E-state index in [1.165, 1.54) is 11.8 Å². The van der Waals surface area contributed by atoms with Gasteiger partial charge in [0.15, 0.2) is 0 Å². The number of thioether (sulfide) groups is 1. The molecule has 2 aromatic carbocycles. The molecule has 1 heterocycles. The largest absolute Gasteiger partial charge is 0.497 e. The van der Waals surface area contributed by atoms with Gasteiger partial charge in [0.05, 0.1) is 12.4 Å². The maximum atomic E-state index is 12.5. The van der Waals surface area contributed by atoms with E-state index in [-0.39, 0.29) is 18.2 Å². The number of nitrogens with one attached hydrogen (secondary N) is 1. The van der Waals surface area contributed by atoms with E-state index >= 15 is 0 Å². The maximum absolute atomic E-state index is 12.5. The predicted molar refractivity (Wildman–Crippen MR) is 125 cm³/mol. The van der Waals surface area contributed by atoms with Gasteiger partial charge in [0.1, 0.15) is 10.1 Å². The van der Waals surface area contributed by atoms with Gasteiger partial charge in [-0.3, -0.25) is 14.5 Å². The van der Waals surface area contributed by atoms with E-state index in [1.54, 1.807) is 12.0 Å². The third-order valence-corrected chi connectivity index (χ3v) is 6.35. The summed E-state index contributed by atoms with van der Waals surface area (Å²) in [6.45, 7) is 5.10. The van der Waals surface area contributed by atoms with E-state index in [9.17, 15) is 9.59 Å². The fraction of sp³-hybridized carbons (Fsp3) is 0.348. The molecule has 7 heteroatoms. The number of carbonyl (C=O) groups excluding carboxylic acids is 2. The smallest absolute Gasteiger partial charge is 0.242 e. The van der Waals surface area contributed by atoms with Gasteiger partial charge in [-0.05, 0) is 34.7 Å². The van der Waals surface area contributed by atoms with Gasteiger partial charge in [-0.15, -0.1) is 0 Å². The highest BCUT2D eigenvalue weighted by Crippen LogP contribution is 2.30. The van der Waals surface area contributed by atoms with E-state index in [0.29, 0.717) is 23.3 Å². The van der Waals surface area contributed by atoms with Crippen LogP contribution >= 0.6 is 24.0 Å². The number of amides is 2. The summed E-state index contributed by atoms with van der Waals surface area (Å²) in [5.41, 5.74) is 3.15. The van der Waals surface area contributed by atoms with Gasteiger partial charge < -0.3 is 10.1 Å². The first-order valence-electron chi connectivity index (χ1n) is 9.89. The van der Waals surface area contributed by atoms with Crippen molar-refractivity contribution >= 4 is 40.1 Å². The number of nitrogens with zero attached hydrogens (tertiary/aromatic N) is 1. The SMILES string of the molecule is COc1cccc(-c2ccc(CNC(=O)CC3SC(=S)N(CC(C)C)C3=O)cc2)c1. The Kier molecular flexibility index (Phi) is 7.50. The van der Waals surface area contributed by atoms with Crippen molar-refractivity contribution in [3.63, 3.8) is 0 Å². The molecule has 1 aliphatic heterocycles. The number of hydrogen-bond acceptors (Lipinski definition) is 5. The molecule has 1 saturated heterocycles. The zero-order valence-electron chi connectivity index (χ0n) is 17.4. The Bertz CT molecular complexity index is 928. The van der Waals surface area contributed by atoms with Crippen molar-refractivity contribution in [2.45, 2.75) is 32.1 Å². The van der Waals surface area contributed by atoms with Gasteiger partial charge >= 0.3 is 0 Å². The highest BCUT2D eigenvalue weighted by Gasteiger charge is 2.38. The molecule has 1 aliphatic rings. The summed E-state index contributed by atoms with van der Waals surface area (Å²) in [4.78, 5) is 26.5. The van der Waals surface area contributed by atoms with Gasteiger partial charge in [-0.2, -0.15) is 0 Å². The molecule has 0 aliphatic carbocycles. The van der Waals surface area contributed by atoms with Crippen molar-refractivity contribution in [1.29, 1.82) is 0 Å². The van der Waals surface area contributed by atoms with E-state index in [4.69, 9.17) is 17.0 Å². The molecule has 0 saturated carbocycles. The Hall–Kier alpha value is -2.38. The van der Waals surface area contributed by atoms with Crippen LogP contribution in [0, 0.1) is 5.92 Å². The zero-order chi connectivity index (χ0) is 21.7. The first-order chi connectivity index (χ1) is 14.4. The number of benzene rings is 2. The van der Waals surface area contributed by atoms with Crippen LogP contribution < -0.4 is 10.1 Å². The van der Waals surface area contributed by atoms with Crippen LogP contribution in [0.1, 0.15) is 25.8 Å². The predicted octanol–water partition coefficient (Wildman–Crippen LogP) is 4.25. The van der Waals surface area contributed by atoms with Crippen molar-refractivity contribution < 1.29 is 14.3 Å². The molecule has 1 fully saturated rings. The number of ether oxygens (including phenoxy) is 1. The maximum Gasteiger partial charge on any atom is 0.242 e. The van der Waals surface area contributed by atoms with Crippen molar-refractivity contribution in [1.82, 2.24) is 10.2 Å². The minimum Gasteiger partial charge on any atom is -0.497 e. The summed E-state index contributed by atoms with van der Waals surface area (Å²) in [5, 5.41) is 2.48. The lowest BCUT2D eigenvalue weighted by molar-refractivity contribution is -0.129. The average molecular weight is 443 g/mol. The second kappa shape index (κ2) is 10.1. The summed E-state index contributed by atoms with van der Waals surface area (Å²) in [6.07, 6.45) is 0.139. The Morgan fingerprint density at radius 2 is 1.93 bits per heavy atom. The van der Waals surface area contributed by atoms with Crippen molar-refractivity contribution in [2.75, 3.05) is 13.7 Å². The molecular formula is C23H26N2O3S2. The normalized spacial score (nSPS) is 16.3. The van der Waals surface area contributed by atoms with Crippen LogP contribution in [0.3, 0.4) is 0 Å². The van der Waals surface area contributed by atoms with Crippen molar-refractivity contribution in [3.8, 4) is 16.9 Å². The molecule has 158 valence electrons. The number of thiocarbonyl (C=S) groups is 1. The lowest BCUT2D eigenvalue weighted by atomic mass is 10.0. The van der Waals surface area contributed by atoms with Crippen LogP contribution in [-0.2, 0) is 16.1 Å². The second-order valence-corrected chi connectivity index (χ2v) is 9.46. The molecule has 30 heavy (non-hydrogen) atoms. The third-order valence-electron chi connectivity index (χ3n) is 4.77. The molecule has 1 N–H and O–H groups in total. The number of carbonyl (C=O) groups is 2. The van der Waals surface area contributed by atoms with Gasteiger partial charge in [0.2, 0.25) is 11.8 Å². The van der Waals surface area contributed by atoms with Crippen LogP contribution in [0.2, 0.25) is 0 Å². The summed E-state index contributed by atoms with van der Waals surface area (Å²) in [7, 11) is 1.65. The molecular weight excluding hydrogens is 416 g/mol. The topological polar surface area (TPSA) is 58.6 Å². The molecule has 3 rings (SSSR count). The zero-order valence-corrected chi connectivity index (χ0v) is 19.0. The lowest BCUT2D eigenvalue weighted by Gasteiger charge is -2.17. The van der Waals surface area contributed by atoms with Crippen molar-refractivity contribution in [3.05, 3.63) is 54.1 Å². The van der Waals surface area contributed by atoms with Gasteiger partial charge in [-0.1, -0.05) is 74.2 Å². The molecule has 5 nitrogen and oxygen atoms in total. The van der Waals surface area contributed by atoms with Crippen LogP contribution in [-0.4, -0.2) is 39.9 Å². The van der Waals surface area contributed by atoms with Gasteiger partial charge in [0.25, 0.3) is 0 Å². The van der Waals surface area contributed by atoms with Gasteiger partial charge in [0, 0.05) is 19.5 Å². The standard InChI is InChI=1S/C23H26N2O3S2/c1-15(2)14-25-22(27)20(30-23(25)29)12-21(26)24-13-16-7-9-17(10-8-16)18-5-4-6-19(11-18)28-3/h4-11,15,20H,12-14H2,1-3H3,(H,24,26). The molecule has 0 radical (unpaired) electrons. The van der Waals surface area contributed by atoms with E-state index in [1.807, 2.05) is 62.4 Å². The van der Waals surface area contributed by atoms with Crippen LogP contribution in [0.25, 0.3) is 11.1 Å². The third kappa shape index (κ3) is 5.61. The minimum atomic E-state index is -0.424. The summed E-state index contributed by atoms with van der Waals surface area (Å²) in [6, 6.07) is 15.9. The molecule has 2 aromatic rings. The fourth-order valence-corrected chi connectivity index (χ4v) is 4.73. The molecule has 2 amide bonds. The van der Waals surface area contributed by atoms with Crippen LogP contribution in [0.4, 0.5) is 0 Å². The van der Waals surface area contributed by atoms with E-state index in [2.05, 4.69) is 5.32 Å². The molecule has 0 aromatic heterocycles. The number of methoxy groups -OCH3 is 1. The number of rotatable bonds is 8. The average Bonchev–Trinajstić information content (AvgIpc) is 2.99. The van der Waals surface area contributed by atoms with E-state index in [0.717, 1.165) is 22.4 Å². The molecule has 1 unspecified atom stereocenters. The monoisotopic (exact) mass is 442 g/mol. The van der Waals surface area contributed by atoms with Crippen molar-refractivity contribution in [2.24, 2.45) is 5.92 Å². The Morgan fingerprint density at radius 3 is 2.60 bits per heavy atom. The van der Waals surface area contributed by atoms with Crippen LogP contribution in [0.15, 0.2) is 48.5 Å². The lowest BCUT2D eigenvalue weighted by Crippen LogP contribution is -2.36. The Labute approximate surface area is 187 Å². The highest BCUT2D eigenvalue weighted by atomic mass is 32.2. The molecule has 1 atom stereocenters.